The molecule has 38 heavy (non-hydrogen) atoms. The number of nitrogens with one attached hydrogen (secondary N) is 5. The molecule has 0 aromatic carbocycles. The summed E-state index contributed by atoms with van der Waals surface area (Å²) < 4.78 is 0. The van der Waals surface area contributed by atoms with E-state index in [2.05, 4.69) is 26.6 Å². The van der Waals surface area contributed by atoms with Gasteiger partial charge in [0.05, 0.1) is 19.6 Å². The van der Waals surface area contributed by atoms with Crippen LogP contribution in [0.4, 0.5) is 0 Å². The topological polar surface area (TPSA) is 223 Å². The lowest BCUT2D eigenvalue weighted by atomic mass is 9.97. The maximum Gasteiger partial charge on any atom is 0.305 e. The lowest BCUT2D eigenvalue weighted by Crippen LogP contribution is -2.60. The number of hydrogen-bond acceptors (Lipinski definition) is 8. The van der Waals surface area contributed by atoms with Gasteiger partial charge in [-0.05, 0) is 18.8 Å². The minimum absolute atomic E-state index is 0.0778. The van der Waals surface area contributed by atoms with Gasteiger partial charge in [0.25, 0.3) is 0 Å². The largest absolute Gasteiger partial charge is 0.481 e. The number of amides is 6. The second kappa shape index (κ2) is 14.3. The van der Waals surface area contributed by atoms with E-state index < -0.39 is 91.1 Å². The van der Waals surface area contributed by atoms with Crippen LogP contribution in [0.3, 0.4) is 0 Å². The summed E-state index contributed by atoms with van der Waals surface area (Å²) in [5.74, 6) is -6.21. The third-order valence-corrected chi connectivity index (χ3v) is 6.56. The summed E-state index contributed by atoms with van der Waals surface area (Å²) in [4.78, 5) is 89.0. The van der Waals surface area contributed by atoms with Crippen LogP contribution in [-0.2, 0) is 33.6 Å². The molecule has 7 N–H and O–H groups in total. The number of carboxylic acid groups (broad SMARTS) is 1. The van der Waals surface area contributed by atoms with E-state index in [0.717, 1.165) is 0 Å². The molecular weight excluding hydrogens is 504 g/mol. The van der Waals surface area contributed by atoms with Gasteiger partial charge in [-0.25, -0.2) is 0 Å². The van der Waals surface area contributed by atoms with E-state index in [1.807, 2.05) is 0 Å². The zero-order valence-corrected chi connectivity index (χ0v) is 21.5. The molecule has 0 unspecified atom stereocenters. The van der Waals surface area contributed by atoms with Crippen LogP contribution in [0.15, 0.2) is 0 Å². The number of nitrogens with zero attached hydrogens (tertiary/aromatic N) is 1. The van der Waals surface area contributed by atoms with Gasteiger partial charge in [0.1, 0.15) is 24.2 Å². The Bertz CT molecular complexity index is 942. The second-order valence-corrected chi connectivity index (χ2v) is 9.34. The average molecular weight is 541 g/mol. The molecule has 2 saturated heterocycles. The molecule has 212 valence electrons. The molecule has 2 aliphatic rings. The third-order valence-electron chi connectivity index (χ3n) is 6.56. The van der Waals surface area contributed by atoms with Crippen LogP contribution < -0.4 is 26.6 Å². The van der Waals surface area contributed by atoms with Crippen molar-refractivity contribution in [2.24, 2.45) is 5.92 Å². The Morgan fingerprint density at radius 2 is 1.68 bits per heavy atom. The minimum Gasteiger partial charge on any atom is -0.481 e. The third kappa shape index (κ3) is 8.39. The van der Waals surface area contributed by atoms with E-state index in [4.69, 9.17) is 0 Å². The summed E-state index contributed by atoms with van der Waals surface area (Å²) in [6.45, 7) is 2.23. The molecule has 0 bridgehead atoms. The Labute approximate surface area is 219 Å². The van der Waals surface area contributed by atoms with Crippen LogP contribution in [0.2, 0.25) is 0 Å². The van der Waals surface area contributed by atoms with Crippen molar-refractivity contribution in [3.8, 4) is 0 Å². The SMILES string of the molecule is CC[C@H](C)[C@@H]1NC(=O)[C@H](CC(=O)O)NC(=O)CNC(=O)CCNC(=O)[C@@H]2CCCN2C(=O)[C@H](CO)NC1=O. The zero-order valence-electron chi connectivity index (χ0n) is 21.5. The number of rotatable bonds is 5. The van der Waals surface area contributed by atoms with E-state index in [0.29, 0.717) is 19.3 Å². The molecule has 0 radical (unpaired) electrons. The first kappa shape index (κ1) is 30.5. The van der Waals surface area contributed by atoms with Crippen molar-refractivity contribution in [1.82, 2.24) is 31.5 Å². The summed E-state index contributed by atoms with van der Waals surface area (Å²) >= 11 is 0. The van der Waals surface area contributed by atoms with Crippen LogP contribution in [0.25, 0.3) is 0 Å². The quantitative estimate of drug-likeness (QED) is 0.184. The Morgan fingerprint density at radius 1 is 0.974 bits per heavy atom. The number of aliphatic hydroxyl groups is 1. The lowest BCUT2D eigenvalue weighted by molar-refractivity contribution is -0.143. The van der Waals surface area contributed by atoms with E-state index in [-0.39, 0.29) is 19.5 Å². The Morgan fingerprint density at radius 3 is 2.32 bits per heavy atom. The summed E-state index contributed by atoms with van der Waals surface area (Å²) in [6.07, 6.45) is 0.312. The van der Waals surface area contributed by atoms with Crippen molar-refractivity contribution >= 4 is 41.4 Å². The smallest absolute Gasteiger partial charge is 0.305 e. The van der Waals surface area contributed by atoms with Gasteiger partial charge in [-0.2, -0.15) is 0 Å². The number of aliphatic carboxylic acids is 1. The normalized spacial score (nSPS) is 27.4. The number of aliphatic hydroxyl groups excluding tert-OH is 1. The van der Waals surface area contributed by atoms with Crippen LogP contribution >= 0.6 is 0 Å². The van der Waals surface area contributed by atoms with Gasteiger partial charge in [-0.3, -0.25) is 33.6 Å². The fraction of sp³-hybridized carbons (Fsp3) is 0.696. The summed E-state index contributed by atoms with van der Waals surface area (Å²) in [5.41, 5.74) is 0. The highest BCUT2D eigenvalue weighted by Gasteiger charge is 2.39. The number of carbonyl (C=O) groups excluding carboxylic acids is 6. The van der Waals surface area contributed by atoms with Gasteiger partial charge in [0.2, 0.25) is 35.4 Å². The van der Waals surface area contributed by atoms with E-state index in [1.165, 1.54) is 4.90 Å². The van der Waals surface area contributed by atoms with Gasteiger partial charge < -0.3 is 41.7 Å². The van der Waals surface area contributed by atoms with Crippen LogP contribution in [0.1, 0.15) is 46.0 Å². The molecule has 6 amide bonds. The first-order chi connectivity index (χ1) is 18.0. The zero-order chi connectivity index (χ0) is 28.4. The molecule has 5 atom stereocenters. The van der Waals surface area contributed by atoms with E-state index in [1.54, 1.807) is 13.8 Å². The maximum absolute atomic E-state index is 13.2. The summed E-state index contributed by atoms with van der Waals surface area (Å²) in [7, 11) is 0. The minimum atomic E-state index is -1.56. The van der Waals surface area contributed by atoms with Crippen molar-refractivity contribution < 1.29 is 43.8 Å². The van der Waals surface area contributed by atoms with Gasteiger partial charge >= 0.3 is 5.97 Å². The van der Waals surface area contributed by atoms with Crippen molar-refractivity contribution in [2.45, 2.75) is 70.1 Å². The Kier molecular flexibility index (Phi) is 11.4. The van der Waals surface area contributed by atoms with Crippen LogP contribution in [-0.4, -0.2) is 107 Å². The molecule has 0 saturated carbocycles. The number of carbonyl (C=O) groups is 7. The lowest BCUT2D eigenvalue weighted by Gasteiger charge is -2.30. The van der Waals surface area contributed by atoms with Gasteiger partial charge in [-0.1, -0.05) is 20.3 Å². The van der Waals surface area contributed by atoms with Crippen LogP contribution in [0, 0.1) is 5.92 Å². The van der Waals surface area contributed by atoms with Crippen molar-refractivity contribution in [2.75, 3.05) is 26.2 Å². The highest BCUT2D eigenvalue weighted by Crippen LogP contribution is 2.19. The number of hydrogen-bond donors (Lipinski definition) is 7. The van der Waals surface area contributed by atoms with Crippen LogP contribution in [0.5, 0.6) is 0 Å². The van der Waals surface area contributed by atoms with E-state index >= 15 is 0 Å². The molecule has 2 aliphatic heterocycles. The molecule has 0 aromatic heterocycles. The highest BCUT2D eigenvalue weighted by atomic mass is 16.4. The molecule has 2 rings (SSSR count). The van der Waals surface area contributed by atoms with Gasteiger partial charge in [-0.15, -0.1) is 0 Å². The fourth-order valence-corrected chi connectivity index (χ4v) is 4.22. The van der Waals surface area contributed by atoms with Crippen molar-refractivity contribution in [1.29, 1.82) is 0 Å². The maximum atomic E-state index is 13.2. The molecule has 0 aliphatic carbocycles. The molecule has 0 spiro atoms. The first-order valence-electron chi connectivity index (χ1n) is 12.6. The van der Waals surface area contributed by atoms with Gasteiger partial charge in [0, 0.05) is 19.5 Å². The standard InChI is InChI=1S/C23H36N6O9/c1-3-12(2)19-22(37)27-14(11-30)23(38)29-8-4-5-15(29)21(36)24-7-6-16(31)25-10-17(32)26-13(9-18(33)34)20(35)28-19/h12-15,19,30H,3-11H2,1-2H3,(H,24,36)(H,25,31)(H,26,32)(H,27,37)(H,28,35)(H,33,34)/t12-,13-,14-,15-,19-/m0/s1. The van der Waals surface area contributed by atoms with Gasteiger partial charge in [0.15, 0.2) is 0 Å². The molecule has 15 heteroatoms. The van der Waals surface area contributed by atoms with E-state index in [9.17, 15) is 43.8 Å². The summed E-state index contributed by atoms with van der Waals surface area (Å²) in [6, 6.07) is -5.05. The average Bonchev–Trinajstić information content (AvgIpc) is 3.37. The molecule has 15 nitrogen and oxygen atoms in total. The predicted molar refractivity (Wildman–Crippen MR) is 130 cm³/mol. The summed E-state index contributed by atoms with van der Waals surface area (Å²) in [5, 5.41) is 31.1. The number of carboxylic acids is 1. The first-order valence-corrected chi connectivity index (χ1v) is 12.6. The Balaban J connectivity index is 2.36. The molecular formula is C23H36N6O9. The van der Waals surface area contributed by atoms with Crippen molar-refractivity contribution in [3.05, 3.63) is 0 Å². The highest BCUT2D eigenvalue weighted by molar-refractivity contribution is 5.97. The molecule has 0 aromatic rings. The fourth-order valence-electron chi connectivity index (χ4n) is 4.22. The number of fused-ring (bicyclic) bond motifs is 1. The Hall–Kier alpha value is -3.75. The molecule has 2 heterocycles. The second-order valence-electron chi connectivity index (χ2n) is 9.34. The predicted octanol–water partition coefficient (Wildman–Crippen LogP) is -3.42. The molecule has 2 fully saturated rings. The monoisotopic (exact) mass is 540 g/mol. The van der Waals surface area contributed by atoms with Crippen molar-refractivity contribution in [3.63, 3.8) is 0 Å².